The highest BCUT2D eigenvalue weighted by molar-refractivity contribution is 5.89. The van der Waals surface area contributed by atoms with E-state index >= 15 is 0 Å². The number of ether oxygens (including phenoxy) is 2. The molecule has 0 saturated carbocycles. The Labute approximate surface area is 165 Å². The van der Waals surface area contributed by atoms with Crippen LogP contribution in [0.25, 0.3) is 0 Å². The van der Waals surface area contributed by atoms with E-state index in [0.717, 1.165) is 36.3 Å². The molecule has 1 saturated heterocycles. The highest BCUT2D eigenvalue weighted by atomic mass is 16.5. The molecule has 3 atom stereocenters. The maximum Gasteiger partial charge on any atom is 0.337 e. The third-order valence-corrected chi connectivity index (χ3v) is 6.87. The second kappa shape index (κ2) is 6.61. The SMILES string of the molecule is COC(=O)c1cccc([C@@]2(O)C3Cc4ccc(OC)cc4[C@]2(C)CCN3C)c1. The summed E-state index contributed by atoms with van der Waals surface area (Å²) in [6, 6.07) is 13.3. The molecule has 2 aromatic carbocycles. The lowest BCUT2D eigenvalue weighted by atomic mass is 9.53. The molecule has 148 valence electrons. The summed E-state index contributed by atoms with van der Waals surface area (Å²) in [4.78, 5) is 14.3. The topological polar surface area (TPSA) is 59.0 Å². The fourth-order valence-electron chi connectivity index (χ4n) is 5.17. The van der Waals surface area contributed by atoms with Gasteiger partial charge in [-0.1, -0.05) is 25.1 Å². The van der Waals surface area contributed by atoms with Crippen molar-refractivity contribution in [3.63, 3.8) is 0 Å². The van der Waals surface area contributed by atoms with E-state index in [0.29, 0.717) is 5.56 Å². The molecule has 2 aliphatic rings. The van der Waals surface area contributed by atoms with Crippen LogP contribution in [0.1, 0.15) is 40.4 Å². The van der Waals surface area contributed by atoms with Gasteiger partial charge in [0.05, 0.1) is 19.8 Å². The molecule has 1 N–H and O–H groups in total. The van der Waals surface area contributed by atoms with Crippen LogP contribution in [0.4, 0.5) is 0 Å². The monoisotopic (exact) mass is 381 g/mol. The van der Waals surface area contributed by atoms with E-state index in [1.54, 1.807) is 19.2 Å². The number of esters is 1. The second-order valence-electron chi connectivity index (χ2n) is 8.14. The summed E-state index contributed by atoms with van der Waals surface area (Å²) in [5, 5.41) is 12.3. The van der Waals surface area contributed by atoms with Gasteiger partial charge in [0.15, 0.2) is 0 Å². The molecule has 1 fully saturated rings. The molecule has 0 aromatic heterocycles. The molecular weight excluding hydrogens is 354 g/mol. The van der Waals surface area contributed by atoms with Gasteiger partial charge in [-0.25, -0.2) is 4.79 Å². The molecule has 0 spiro atoms. The van der Waals surface area contributed by atoms with Crippen LogP contribution in [0, 0.1) is 0 Å². The minimum Gasteiger partial charge on any atom is -0.497 e. The van der Waals surface area contributed by atoms with Crippen molar-refractivity contribution in [2.24, 2.45) is 0 Å². The lowest BCUT2D eigenvalue weighted by Gasteiger charge is -2.60. The van der Waals surface area contributed by atoms with Crippen molar-refractivity contribution in [1.29, 1.82) is 0 Å². The molecule has 28 heavy (non-hydrogen) atoms. The van der Waals surface area contributed by atoms with E-state index in [9.17, 15) is 9.90 Å². The average Bonchev–Trinajstić information content (AvgIpc) is 2.72. The van der Waals surface area contributed by atoms with Crippen LogP contribution in [0.3, 0.4) is 0 Å². The molecule has 2 aromatic rings. The van der Waals surface area contributed by atoms with Crippen LogP contribution >= 0.6 is 0 Å². The lowest BCUT2D eigenvalue weighted by Crippen LogP contribution is -2.67. The minimum absolute atomic E-state index is 0.0833. The fourth-order valence-corrected chi connectivity index (χ4v) is 5.17. The summed E-state index contributed by atoms with van der Waals surface area (Å²) in [7, 11) is 5.10. The summed E-state index contributed by atoms with van der Waals surface area (Å²) in [6.45, 7) is 3.03. The van der Waals surface area contributed by atoms with E-state index in [1.165, 1.54) is 12.7 Å². The van der Waals surface area contributed by atoms with E-state index in [-0.39, 0.29) is 6.04 Å². The van der Waals surface area contributed by atoms with Gasteiger partial charge < -0.3 is 14.6 Å². The average molecular weight is 381 g/mol. The van der Waals surface area contributed by atoms with Crippen molar-refractivity contribution >= 4 is 5.97 Å². The molecule has 5 nitrogen and oxygen atoms in total. The first-order valence-electron chi connectivity index (χ1n) is 9.64. The molecule has 4 rings (SSSR count). The van der Waals surface area contributed by atoms with Crippen molar-refractivity contribution in [3.05, 3.63) is 64.7 Å². The number of benzene rings is 2. The Balaban J connectivity index is 1.93. The first kappa shape index (κ1) is 19.0. The van der Waals surface area contributed by atoms with Crippen molar-refractivity contribution in [2.45, 2.75) is 36.8 Å². The van der Waals surface area contributed by atoms with Gasteiger partial charge >= 0.3 is 5.97 Å². The van der Waals surface area contributed by atoms with Gasteiger partial charge in [0, 0.05) is 11.5 Å². The Bertz CT molecular complexity index is 927. The van der Waals surface area contributed by atoms with Crippen molar-refractivity contribution in [1.82, 2.24) is 4.90 Å². The standard InChI is InChI=1S/C23H27NO4/c1-22-10-11-24(2)20(13-15-8-9-18(27-3)14-19(15)22)23(22,26)17-7-5-6-16(12-17)21(25)28-4/h5-9,12,14,20,26H,10-11,13H2,1-4H3/t20?,22-,23+/m0/s1. The molecule has 1 unspecified atom stereocenters. The van der Waals surface area contributed by atoms with Gasteiger partial charge in [-0.15, -0.1) is 0 Å². The van der Waals surface area contributed by atoms with Gasteiger partial charge in [0.25, 0.3) is 0 Å². The van der Waals surface area contributed by atoms with Gasteiger partial charge in [0.1, 0.15) is 11.4 Å². The van der Waals surface area contributed by atoms with Gasteiger partial charge in [-0.3, -0.25) is 4.90 Å². The molecule has 1 aliphatic carbocycles. The quantitative estimate of drug-likeness (QED) is 0.829. The third-order valence-electron chi connectivity index (χ3n) is 6.87. The number of hydrogen-bond donors (Lipinski definition) is 1. The Morgan fingerprint density at radius 2 is 2.00 bits per heavy atom. The number of aliphatic hydroxyl groups is 1. The normalized spacial score (nSPS) is 29.1. The number of piperidine rings is 1. The van der Waals surface area contributed by atoms with Gasteiger partial charge in [-0.2, -0.15) is 0 Å². The maximum atomic E-state index is 12.3. The molecule has 0 amide bonds. The number of likely N-dealkylation sites (N-methyl/N-ethyl adjacent to an activating group) is 1. The Morgan fingerprint density at radius 1 is 1.21 bits per heavy atom. The summed E-state index contributed by atoms with van der Waals surface area (Å²) >= 11 is 0. The number of carbonyl (C=O) groups excluding carboxylic acids is 1. The third kappa shape index (κ3) is 2.50. The highest BCUT2D eigenvalue weighted by Gasteiger charge is 2.60. The van der Waals surface area contributed by atoms with Crippen molar-refractivity contribution in [2.75, 3.05) is 27.8 Å². The van der Waals surface area contributed by atoms with E-state index in [1.807, 2.05) is 18.2 Å². The number of carbonyl (C=O) groups is 1. The van der Waals surface area contributed by atoms with Crippen LogP contribution < -0.4 is 4.74 Å². The summed E-state index contributed by atoms with van der Waals surface area (Å²) in [6.07, 6.45) is 1.55. The second-order valence-corrected chi connectivity index (χ2v) is 8.14. The van der Waals surface area contributed by atoms with Crippen LogP contribution in [-0.4, -0.2) is 49.8 Å². The van der Waals surface area contributed by atoms with Crippen LogP contribution in [-0.2, 0) is 22.2 Å². The number of likely N-dealkylation sites (tertiary alicyclic amines) is 1. The molecule has 0 radical (unpaired) electrons. The summed E-state index contributed by atoms with van der Waals surface area (Å²) in [5.74, 6) is 0.398. The first-order chi connectivity index (χ1) is 13.3. The molecule has 1 aliphatic heterocycles. The number of methoxy groups -OCH3 is 2. The molecular formula is C23H27NO4. The minimum atomic E-state index is -1.14. The van der Waals surface area contributed by atoms with Crippen molar-refractivity contribution in [3.8, 4) is 5.75 Å². The number of rotatable bonds is 3. The zero-order chi connectivity index (χ0) is 20.1. The van der Waals surface area contributed by atoms with Gasteiger partial charge in [0.2, 0.25) is 0 Å². The zero-order valence-corrected chi connectivity index (χ0v) is 16.9. The highest BCUT2D eigenvalue weighted by Crippen LogP contribution is 2.56. The maximum absolute atomic E-state index is 12.3. The predicted octanol–water partition coefficient (Wildman–Crippen LogP) is 2.89. The molecule has 1 heterocycles. The van der Waals surface area contributed by atoms with Crippen LogP contribution in [0.2, 0.25) is 0 Å². The van der Waals surface area contributed by atoms with E-state index < -0.39 is 17.0 Å². The molecule has 2 bridgehead atoms. The predicted molar refractivity (Wildman–Crippen MR) is 107 cm³/mol. The number of nitrogens with zero attached hydrogens (tertiary/aromatic N) is 1. The number of hydrogen-bond acceptors (Lipinski definition) is 5. The smallest absolute Gasteiger partial charge is 0.337 e. The van der Waals surface area contributed by atoms with Gasteiger partial charge in [-0.05, 0) is 67.4 Å². The van der Waals surface area contributed by atoms with Crippen LogP contribution in [0.5, 0.6) is 5.75 Å². The summed E-state index contributed by atoms with van der Waals surface area (Å²) in [5.41, 5.74) is 1.94. The fraction of sp³-hybridized carbons (Fsp3) is 0.435. The van der Waals surface area contributed by atoms with E-state index in [4.69, 9.17) is 9.47 Å². The molecule has 5 heteroatoms. The first-order valence-corrected chi connectivity index (χ1v) is 9.64. The Hall–Kier alpha value is -2.37. The largest absolute Gasteiger partial charge is 0.497 e. The lowest BCUT2D eigenvalue weighted by molar-refractivity contribution is -0.141. The Morgan fingerprint density at radius 3 is 2.71 bits per heavy atom. The summed E-state index contributed by atoms with van der Waals surface area (Å²) < 4.78 is 10.4. The zero-order valence-electron chi connectivity index (χ0n) is 16.9. The van der Waals surface area contributed by atoms with Crippen molar-refractivity contribution < 1.29 is 19.4 Å². The number of fused-ring (bicyclic) bond motifs is 4. The van der Waals surface area contributed by atoms with Crippen LogP contribution in [0.15, 0.2) is 42.5 Å². The Kier molecular flexibility index (Phi) is 4.47. The van der Waals surface area contributed by atoms with E-state index in [2.05, 4.69) is 31.0 Å².